The molecule has 1 aliphatic rings. The lowest BCUT2D eigenvalue weighted by atomic mass is 10.0. The van der Waals surface area contributed by atoms with Crippen molar-refractivity contribution in [2.45, 2.75) is 51.6 Å². The summed E-state index contributed by atoms with van der Waals surface area (Å²) in [6.45, 7) is 3.22. The molecule has 2 rings (SSSR count). The molecule has 2 unspecified atom stereocenters. The van der Waals surface area contributed by atoms with Crippen molar-refractivity contribution in [2.24, 2.45) is 5.92 Å². The Kier molecular flexibility index (Phi) is 5.00. The van der Waals surface area contributed by atoms with Crippen LogP contribution in [0.4, 0.5) is 0 Å². The summed E-state index contributed by atoms with van der Waals surface area (Å²) < 4.78 is 5.28. The Balaban J connectivity index is 1.87. The molecule has 0 spiro atoms. The van der Waals surface area contributed by atoms with Crippen molar-refractivity contribution in [1.82, 2.24) is 10.3 Å². The third-order valence-corrected chi connectivity index (χ3v) is 3.88. The smallest absolute Gasteiger partial charge is 0.217 e. The van der Waals surface area contributed by atoms with Crippen LogP contribution in [0.5, 0.6) is 5.88 Å². The second-order valence-electron chi connectivity index (χ2n) is 5.36. The molecule has 3 nitrogen and oxygen atoms in total. The molecule has 0 aromatic carbocycles. The standard InChI is InChI=1S/C15H24N2O/c1-12-5-3-7-14(9-8-12)17-11-13-6-4-10-16-15(13)18-2/h4,6,10,12,14,17H,3,5,7-9,11H2,1-2H3. The molecule has 18 heavy (non-hydrogen) atoms. The molecule has 0 bridgehead atoms. The minimum atomic E-state index is 0.653. The highest BCUT2D eigenvalue weighted by atomic mass is 16.5. The number of aromatic nitrogens is 1. The maximum atomic E-state index is 5.28. The second-order valence-corrected chi connectivity index (χ2v) is 5.36. The third-order valence-electron chi connectivity index (χ3n) is 3.88. The first-order valence-corrected chi connectivity index (χ1v) is 7.01. The lowest BCUT2D eigenvalue weighted by molar-refractivity contribution is 0.385. The number of pyridine rings is 1. The van der Waals surface area contributed by atoms with Crippen LogP contribution in [0.15, 0.2) is 18.3 Å². The van der Waals surface area contributed by atoms with E-state index in [2.05, 4.69) is 23.3 Å². The van der Waals surface area contributed by atoms with Gasteiger partial charge in [-0.3, -0.25) is 0 Å². The number of nitrogens with zero attached hydrogens (tertiary/aromatic N) is 1. The summed E-state index contributed by atoms with van der Waals surface area (Å²) >= 11 is 0. The molecule has 1 aliphatic carbocycles. The zero-order chi connectivity index (χ0) is 12.8. The highest BCUT2D eigenvalue weighted by molar-refractivity contribution is 5.25. The molecule has 1 fully saturated rings. The van der Waals surface area contributed by atoms with Crippen LogP contribution in [0.1, 0.15) is 44.6 Å². The van der Waals surface area contributed by atoms with Gasteiger partial charge in [0.25, 0.3) is 0 Å². The van der Waals surface area contributed by atoms with Crippen LogP contribution < -0.4 is 10.1 Å². The van der Waals surface area contributed by atoms with E-state index in [0.717, 1.165) is 23.9 Å². The molecule has 0 saturated heterocycles. The molecule has 1 saturated carbocycles. The fraction of sp³-hybridized carbons (Fsp3) is 0.667. The predicted octanol–water partition coefficient (Wildman–Crippen LogP) is 3.15. The average Bonchev–Trinajstić information content (AvgIpc) is 2.61. The van der Waals surface area contributed by atoms with Crippen LogP contribution in [0, 0.1) is 5.92 Å². The molecule has 1 aromatic rings. The van der Waals surface area contributed by atoms with Gasteiger partial charge in [-0.15, -0.1) is 0 Å². The first kappa shape index (κ1) is 13.3. The molecule has 0 radical (unpaired) electrons. The van der Waals surface area contributed by atoms with E-state index in [1.54, 1.807) is 13.3 Å². The zero-order valence-electron chi connectivity index (χ0n) is 11.5. The number of hydrogen-bond acceptors (Lipinski definition) is 3. The Bertz CT molecular complexity index is 367. The van der Waals surface area contributed by atoms with Crippen LogP contribution >= 0.6 is 0 Å². The highest BCUT2D eigenvalue weighted by Gasteiger charge is 2.16. The van der Waals surface area contributed by atoms with Crippen molar-refractivity contribution < 1.29 is 4.74 Å². The largest absolute Gasteiger partial charge is 0.481 e. The van der Waals surface area contributed by atoms with Gasteiger partial charge in [0, 0.05) is 24.3 Å². The van der Waals surface area contributed by atoms with E-state index < -0.39 is 0 Å². The van der Waals surface area contributed by atoms with Gasteiger partial charge in [0.15, 0.2) is 0 Å². The molecular weight excluding hydrogens is 224 g/mol. The van der Waals surface area contributed by atoms with Gasteiger partial charge in [-0.05, 0) is 31.2 Å². The van der Waals surface area contributed by atoms with Crippen molar-refractivity contribution in [3.63, 3.8) is 0 Å². The topological polar surface area (TPSA) is 34.1 Å². The normalized spacial score (nSPS) is 24.6. The summed E-state index contributed by atoms with van der Waals surface area (Å²) in [5.74, 6) is 1.64. The molecule has 2 atom stereocenters. The van der Waals surface area contributed by atoms with Gasteiger partial charge in [-0.2, -0.15) is 0 Å². The average molecular weight is 248 g/mol. The zero-order valence-corrected chi connectivity index (χ0v) is 11.5. The molecule has 1 heterocycles. The molecule has 3 heteroatoms. The van der Waals surface area contributed by atoms with E-state index in [9.17, 15) is 0 Å². The molecule has 0 amide bonds. The summed E-state index contributed by atoms with van der Waals surface area (Å²) in [6.07, 6.45) is 8.45. The van der Waals surface area contributed by atoms with Crippen molar-refractivity contribution in [3.05, 3.63) is 23.9 Å². The van der Waals surface area contributed by atoms with E-state index in [4.69, 9.17) is 4.74 Å². The monoisotopic (exact) mass is 248 g/mol. The Hall–Kier alpha value is -1.09. The van der Waals surface area contributed by atoms with E-state index in [1.807, 2.05) is 6.07 Å². The lowest BCUT2D eigenvalue weighted by Crippen LogP contribution is -2.28. The van der Waals surface area contributed by atoms with Gasteiger partial charge in [-0.1, -0.05) is 25.8 Å². The fourth-order valence-electron chi connectivity index (χ4n) is 2.69. The van der Waals surface area contributed by atoms with E-state index in [1.165, 1.54) is 32.1 Å². The van der Waals surface area contributed by atoms with Gasteiger partial charge >= 0.3 is 0 Å². The van der Waals surface area contributed by atoms with Gasteiger partial charge < -0.3 is 10.1 Å². The van der Waals surface area contributed by atoms with Crippen LogP contribution in [0.25, 0.3) is 0 Å². The summed E-state index contributed by atoms with van der Waals surface area (Å²) in [5, 5.41) is 3.65. The minimum absolute atomic E-state index is 0.653. The lowest BCUT2D eigenvalue weighted by Gasteiger charge is -2.17. The van der Waals surface area contributed by atoms with Crippen LogP contribution in [0.2, 0.25) is 0 Å². The maximum Gasteiger partial charge on any atom is 0.217 e. The van der Waals surface area contributed by atoms with Crippen molar-refractivity contribution in [1.29, 1.82) is 0 Å². The van der Waals surface area contributed by atoms with Crippen molar-refractivity contribution >= 4 is 0 Å². The number of rotatable bonds is 4. The summed E-state index contributed by atoms with van der Waals surface area (Å²) in [4.78, 5) is 4.23. The summed E-state index contributed by atoms with van der Waals surface area (Å²) in [5.41, 5.74) is 1.15. The third kappa shape index (κ3) is 3.70. The van der Waals surface area contributed by atoms with Crippen molar-refractivity contribution in [2.75, 3.05) is 7.11 Å². The fourth-order valence-corrected chi connectivity index (χ4v) is 2.69. The molecule has 1 N–H and O–H groups in total. The van der Waals surface area contributed by atoms with Gasteiger partial charge in [-0.25, -0.2) is 4.98 Å². The van der Waals surface area contributed by atoms with E-state index in [0.29, 0.717) is 6.04 Å². The van der Waals surface area contributed by atoms with Crippen LogP contribution in [0.3, 0.4) is 0 Å². The van der Waals surface area contributed by atoms with E-state index >= 15 is 0 Å². The quantitative estimate of drug-likeness (QED) is 0.831. The number of nitrogens with one attached hydrogen (secondary N) is 1. The Morgan fingerprint density at radius 1 is 1.33 bits per heavy atom. The van der Waals surface area contributed by atoms with Gasteiger partial charge in [0.05, 0.1) is 7.11 Å². The minimum Gasteiger partial charge on any atom is -0.481 e. The molecule has 1 aromatic heterocycles. The molecular formula is C15H24N2O. The highest BCUT2D eigenvalue weighted by Crippen LogP contribution is 2.23. The number of hydrogen-bond donors (Lipinski definition) is 1. The van der Waals surface area contributed by atoms with Gasteiger partial charge in [0.1, 0.15) is 0 Å². The molecule has 0 aliphatic heterocycles. The second kappa shape index (κ2) is 6.74. The first-order chi connectivity index (χ1) is 8.79. The SMILES string of the molecule is COc1ncccc1CNC1CCCC(C)CC1. The first-order valence-electron chi connectivity index (χ1n) is 7.01. The Morgan fingerprint density at radius 2 is 2.22 bits per heavy atom. The summed E-state index contributed by atoms with van der Waals surface area (Å²) in [7, 11) is 1.68. The molecule has 100 valence electrons. The van der Waals surface area contributed by atoms with Crippen LogP contribution in [-0.4, -0.2) is 18.1 Å². The van der Waals surface area contributed by atoms with E-state index in [-0.39, 0.29) is 0 Å². The number of methoxy groups -OCH3 is 1. The van der Waals surface area contributed by atoms with Gasteiger partial charge in [0.2, 0.25) is 5.88 Å². The predicted molar refractivity (Wildman–Crippen MR) is 73.7 cm³/mol. The summed E-state index contributed by atoms with van der Waals surface area (Å²) in [6, 6.07) is 4.70. The maximum absolute atomic E-state index is 5.28. The van der Waals surface area contributed by atoms with Crippen molar-refractivity contribution in [3.8, 4) is 5.88 Å². The Morgan fingerprint density at radius 3 is 3.06 bits per heavy atom. The van der Waals surface area contributed by atoms with Crippen LogP contribution in [-0.2, 0) is 6.54 Å². The Labute approximate surface area is 110 Å². The number of ether oxygens (including phenoxy) is 1.